The highest BCUT2D eigenvalue weighted by atomic mass is 32.2. The lowest BCUT2D eigenvalue weighted by molar-refractivity contribution is -0.274. The van der Waals surface area contributed by atoms with Gasteiger partial charge in [0.1, 0.15) is 17.7 Å². The predicted octanol–water partition coefficient (Wildman–Crippen LogP) is 8.54. The quantitative estimate of drug-likeness (QED) is 0.189. The zero-order valence-electron chi connectivity index (χ0n) is 27.8. The Labute approximate surface area is 290 Å². The summed E-state index contributed by atoms with van der Waals surface area (Å²) >= 11 is 1.41. The number of fused-ring (bicyclic) bond motifs is 3. The molecule has 2 aliphatic rings. The number of allylic oxidation sites excluding steroid dienone is 1. The van der Waals surface area contributed by atoms with E-state index >= 15 is 0 Å². The number of aliphatic imine (C=N–C) groups is 1. The van der Waals surface area contributed by atoms with Gasteiger partial charge in [0.2, 0.25) is 0 Å². The summed E-state index contributed by atoms with van der Waals surface area (Å²) in [6.45, 7) is 9.11. The van der Waals surface area contributed by atoms with Crippen LogP contribution in [0.5, 0.6) is 5.75 Å². The maximum atomic E-state index is 13.2. The third-order valence-electron chi connectivity index (χ3n) is 7.52. The van der Waals surface area contributed by atoms with E-state index < -0.39 is 24.1 Å². The van der Waals surface area contributed by atoms with Crippen molar-refractivity contribution >= 4 is 34.8 Å². The highest BCUT2D eigenvalue weighted by Gasteiger charge is 2.34. The SMILES string of the molecule is Cc1ccc2c(c1)N1C(=CC2C)CSC1=NC(=O)ON(Cc1ccc(-c2ncn(-c3ccc(OC(F)(F)F)cc3)n2)cc1)C(=O)OC(C)(C)C. The van der Waals surface area contributed by atoms with Gasteiger partial charge in [-0.25, -0.2) is 19.3 Å². The summed E-state index contributed by atoms with van der Waals surface area (Å²) in [6, 6.07) is 18.3. The number of benzene rings is 3. The molecule has 11 nitrogen and oxygen atoms in total. The van der Waals surface area contributed by atoms with Crippen LogP contribution in [0.4, 0.5) is 28.4 Å². The average Bonchev–Trinajstić information content (AvgIpc) is 3.68. The van der Waals surface area contributed by atoms with E-state index in [0.29, 0.717) is 33.6 Å². The third kappa shape index (κ3) is 8.10. The summed E-state index contributed by atoms with van der Waals surface area (Å²) in [4.78, 5) is 42.4. The van der Waals surface area contributed by atoms with E-state index in [4.69, 9.17) is 9.57 Å². The Morgan fingerprint density at radius 1 is 1.04 bits per heavy atom. The average molecular weight is 707 g/mol. The van der Waals surface area contributed by atoms with Crippen LogP contribution in [0.1, 0.15) is 50.3 Å². The fourth-order valence-electron chi connectivity index (χ4n) is 5.35. The molecule has 0 spiro atoms. The van der Waals surface area contributed by atoms with Crippen molar-refractivity contribution in [3.8, 4) is 22.8 Å². The van der Waals surface area contributed by atoms with Crippen LogP contribution in [0.25, 0.3) is 17.1 Å². The molecule has 1 atom stereocenters. The first kappa shape index (κ1) is 34.5. The van der Waals surface area contributed by atoms with Crippen molar-refractivity contribution in [2.75, 3.05) is 10.7 Å². The molecule has 1 saturated heterocycles. The van der Waals surface area contributed by atoms with Crippen molar-refractivity contribution in [2.24, 2.45) is 4.99 Å². The lowest BCUT2D eigenvalue weighted by Gasteiger charge is -2.30. The molecule has 0 radical (unpaired) electrons. The maximum absolute atomic E-state index is 13.2. The first-order valence-corrected chi connectivity index (χ1v) is 16.5. The molecule has 6 rings (SSSR count). The number of alkyl halides is 3. The Balaban J connectivity index is 1.17. The largest absolute Gasteiger partial charge is 0.573 e. The van der Waals surface area contributed by atoms with Crippen LogP contribution >= 0.6 is 11.8 Å². The van der Waals surface area contributed by atoms with E-state index in [2.05, 4.69) is 51.0 Å². The second-order valence-electron chi connectivity index (χ2n) is 12.7. The molecule has 3 heterocycles. The molecule has 2 amide bonds. The Kier molecular flexibility index (Phi) is 9.35. The van der Waals surface area contributed by atoms with Crippen LogP contribution in [-0.4, -0.2) is 54.9 Å². The number of thioether (sulfide) groups is 1. The van der Waals surface area contributed by atoms with Gasteiger partial charge < -0.3 is 14.3 Å². The number of amides is 2. The Morgan fingerprint density at radius 3 is 2.44 bits per heavy atom. The van der Waals surface area contributed by atoms with Crippen molar-refractivity contribution in [3.63, 3.8) is 0 Å². The number of hydroxylamine groups is 2. The smallest absolute Gasteiger partial charge is 0.442 e. The number of rotatable bonds is 5. The first-order chi connectivity index (χ1) is 23.6. The van der Waals surface area contributed by atoms with Crippen LogP contribution in [-0.2, 0) is 16.1 Å². The molecule has 1 aromatic heterocycles. The van der Waals surface area contributed by atoms with Gasteiger partial charge in [0, 0.05) is 22.9 Å². The summed E-state index contributed by atoms with van der Waals surface area (Å²) in [5.74, 6) is 0.857. The topological polar surface area (TPSA) is 111 Å². The number of anilines is 1. The summed E-state index contributed by atoms with van der Waals surface area (Å²) in [7, 11) is 0. The number of carbonyl (C=O) groups is 2. The fourth-order valence-corrected chi connectivity index (χ4v) is 6.34. The fraction of sp³-hybridized carbons (Fsp3) is 0.286. The van der Waals surface area contributed by atoms with Crippen LogP contribution < -0.4 is 9.64 Å². The minimum absolute atomic E-state index is 0.137. The van der Waals surface area contributed by atoms with Crippen LogP contribution in [0.2, 0.25) is 0 Å². The number of aromatic nitrogens is 3. The maximum Gasteiger partial charge on any atom is 0.573 e. The normalized spacial score (nSPS) is 16.4. The van der Waals surface area contributed by atoms with Crippen molar-refractivity contribution < 1.29 is 37.1 Å². The van der Waals surface area contributed by atoms with Gasteiger partial charge in [0.25, 0.3) is 0 Å². The molecule has 0 aliphatic carbocycles. The van der Waals surface area contributed by atoms with Gasteiger partial charge in [-0.05, 0) is 74.7 Å². The highest BCUT2D eigenvalue weighted by Crippen LogP contribution is 2.43. The molecule has 1 unspecified atom stereocenters. The Hall–Kier alpha value is -5.31. The van der Waals surface area contributed by atoms with E-state index in [1.807, 2.05) is 11.8 Å². The number of amidine groups is 1. The third-order valence-corrected chi connectivity index (χ3v) is 8.50. The molecule has 0 bridgehead atoms. The molecule has 50 heavy (non-hydrogen) atoms. The Bertz CT molecular complexity index is 1970. The molecule has 4 aromatic rings. The van der Waals surface area contributed by atoms with E-state index in [9.17, 15) is 22.8 Å². The van der Waals surface area contributed by atoms with E-state index in [1.54, 1.807) is 45.0 Å². The standard InChI is InChI=1S/C35H33F3N6O5S/c1-21-6-15-28-22(2)17-26-19-50-31(44(26)29(28)16-21)40-32(45)49-43(33(46)48-34(3,4)5)18-23-7-9-24(10-8-23)30-39-20-42(41-30)25-11-13-27(14-12-25)47-35(36,37)38/h6-17,20,22H,18-19H2,1-5H3. The van der Waals surface area contributed by atoms with Gasteiger partial charge >= 0.3 is 18.5 Å². The van der Waals surface area contributed by atoms with Gasteiger partial charge in [-0.15, -0.1) is 28.3 Å². The van der Waals surface area contributed by atoms with E-state index in [1.165, 1.54) is 47.0 Å². The first-order valence-electron chi connectivity index (χ1n) is 15.5. The van der Waals surface area contributed by atoms with Gasteiger partial charge in [-0.3, -0.25) is 4.90 Å². The molecule has 15 heteroatoms. The predicted molar refractivity (Wildman–Crippen MR) is 182 cm³/mol. The minimum Gasteiger partial charge on any atom is -0.442 e. The molecule has 3 aromatic carbocycles. The van der Waals surface area contributed by atoms with Gasteiger partial charge in [-0.1, -0.05) is 61.2 Å². The number of aryl methyl sites for hydroxylation is 1. The van der Waals surface area contributed by atoms with Crippen molar-refractivity contribution in [2.45, 2.75) is 59.0 Å². The summed E-state index contributed by atoms with van der Waals surface area (Å²) in [6.07, 6.45) is -3.04. The molecule has 2 aliphatic heterocycles. The van der Waals surface area contributed by atoms with Crippen molar-refractivity contribution in [1.82, 2.24) is 19.8 Å². The van der Waals surface area contributed by atoms with Gasteiger partial charge in [-0.2, -0.15) is 0 Å². The summed E-state index contributed by atoms with van der Waals surface area (Å²) in [5, 5.41) is 5.70. The zero-order chi connectivity index (χ0) is 35.8. The molecular weight excluding hydrogens is 673 g/mol. The molecule has 260 valence electrons. The molecule has 0 N–H and O–H groups in total. The van der Waals surface area contributed by atoms with Crippen molar-refractivity contribution in [3.05, 3.63) is 102 Å². The number of nitrogens with zero attached hydrogens (tertiary/aromatic N) is 6. The minimum atomic E-state index is -4.79. The van der Waals surface area contributed by atoms with Crippen LogP contribution in [0, 0.1) is 6.92 Å². The Morgan fingerprint density at radius 2 is 1.76 bits per heavy atom. The second-order valence-corrected chi connectivity index (χ2v) is 13.6. The molecule has 0 saturated carbocycles. The van der Waals surface area contributed by atoms with Crippen LogP contribution in [0.3, 0.4) is 0 Å². The monoisotopic (exact) mass is 706 g/mol. The van der Waals surface area contributed by atoms with Gasteiger partial charge in [0.15, 0.2) is 11.0 Å². The number of ether oxygens (including phenoxy) is 2. The van der Waals surface area contributed by atoms with Crippen molar-refractivity contribution in [1.29, 1.82) is 0 Å². The lowest BCUT2D eigenvalue weighted by Crippen LogP contribution is -2.37. The number of hydrogen-bond donors (Lipinski definition) is 0. The number of carbonyl (C=O) groups excluding carboxylic acids is 2. The second kappa shape index (κ2) is 13.5. The van der Waals surface area contributed by atoms with Crippen LogP contribution in [0.15, 0.2) is 89.8 Å². The molecular formula is C35H33F3N6O5S. The van der Waals surface area contributed by atoms with E-state index in [-0.39, 0.29) is 18.2 Å². The molecule has 1 fully saturated rings. The number of hydrogen-bond acceptors (Lipinski definition) is 8. The van der Waals surface area contributed by atoms with Gasteiger partial charge in [0.05, 0.1) is 17.9 Å². The highest BCUT2D eigenvalue weighted by molar-refractivity contribution is 8.14. The lowest BCUT2D eigenvalue weighted by atomic mass is 9.93. The summed E-state index contributed by atoms with van der Waals surface area (Å²) in [5.41, 5.74) is 5.05. The zero-order valence-corrected chi connectivity index (χ0v) is 28.6. The number of halogens is 3. The van der Waals surface area contributed by atoms with E-state index in [0.717, 1.165) is 27.6 Å². The summed E-state index contributed by atoms with van der Waals surface area (Å²) < 4.78 is 48.3.